The van der Waals surface area contributed by atoms with Crippen molar-refractivity contribution in [1.82, 2.24) is 0 Å². The van der Waals surface area contributed by atoms with E-state index < -0.39 is 0 Å². The Balaban J connectivity index is 3.49. The number of allylic oxidation sites excluding steroid dienone is 3. The smallest absolute Gasteiger partial charge is 0.0961 e. The highest BCUT2D eigenvalue weighted by atomic mass is 16.5. The molecule has 0 N–H and O–H groups in total. The molecule has 0 aromatic heterocycles. The van der Waals surface area contributed by atoms with Gasteiger partial charge >= 0.3 is 0 Å². The standard InChI is InChI=1S/C8H14O/c1-4-6-8(3)9-7-5-2/h5-7H,4H2,1-3H3/b7-5-,8-6+. The van der Waals surface area contributed by atoms with Crippen LogP contribution in [0.25, 0.3) is 0 Å². The summed E-state index contributed by atoms with van der Waals surface area (Å²) in [5, 5.41) is 0. The van der Waals surface area contributed by atoms with Gasteiger partial charge in [0, 0.05) is 0 Å². The fourth-order valence-corrected chi connectivity index (χ4v) is 0.511. The first-order valence-electron chi connectivity index (χ1n) is 3.25. The number of hydrogen-bond acceptors (Lipinski definition) is 1. The first-order valence-corrected chi connectivity index (χ1v) is 3.25. The number of rotatable bonds is 3. The third-order valence-corrected chi connectivity index (χ3v) is 0.882. The highest BCUT2D eigenvalue weighted by Crippen LogP contribution is 1.96. The Morgan fingerprint density at radius 1 is 1.56 bits per heavy atom. The van der Waals surface area contributed by atoms with Crippen molar-refractivity contribution in [3.63, 3.8) is 0 Å². The minimum absolute atomic E-state index is 0.968. The summed E-state index contributed by atoms with van der Waals surface area (Å²) >= 11 is 0. The van der Waals surface area contributed by atoms with Gasteiger partial charge in [-0.05, 0) is 26.3 Å². The predicted molar refractivity (Wildman–Crippen MR) is 39.9 cm³/mol. The van der Waals surface area contributed by atoms with Crippen LogP contribution in [-0.4, -0.2) is 0 Å². The van der Waals surface area contributed by atoms with Crippen molar-refractivity contribution in [2.45, 2.75) is 27.2 Å². The Bertz CT molecular complexity index is 112. The van der Waals surface area contributed by atoms with Gasteiger partial charge in [0.05, 0.1) is 12.0 Å². The van der Waals surface area contributed by atoms with Crippen molar-refractivity contribution < 1.29 is 4.74 Å². The molecule has 9 heavy (non-hydrogen) atoms. The van der Waals surface area contributed by atoms with Crippen molar-refractivity contribution in [3.8, 4) is 0 Å². The molecule has 0 spiro atoms. The molecule has 0 amide bonds. The van der Waals surface area contributed by atoms with Gasteiger partial charge in [0.25, 0.3) is 0 Å². The van der Waals surface area contributed by atoms with Crippen molar-refractivity contribution in [2.75, 3.05) is 0 Å². The lowest BCUT2D eigenvalue weighted by molar-refractivity contribution is 0.350. The van der Waals surface area contributed by atoms with Gasteiger partial charge in [-0.15, -0.1) is 0 Å². The predicted octanol–water partition coefficient (Wildman–Crippen LogP) is 2.85. The van der Waals surface area contributed by atoms with E-state index in [1.807, 2.05) is 26.0 Å². The second-order valence-corrected chi connectivity index (χ2v) is 1.81. The largest absolute Gasteiger partial charge is 0.470 e. The number of ether oxygens (including phenoxy) is 1. The molecule has 1 heteroatoms. The molecule has 0 unspecified atom stereocenters. The maximum atomic E-state index is 5.11. The summed E-state index contributed by atoms with van der Waals surface area (Å²) in [6.45, 7) is 5.96. The number of hydrogen-bond donors (Lipinski definition) is 0. The minimum Gasteiger partial charge on any atom is -0.470 e. The zero-order valence-electron chi connectivity index (χ0n) is 6.35. The summed E-state index contributed by atoms with van der Waals surface area (Å²) in [7, 11) is 0. The van der Waals surface area contributed by atoms with Crippen LogP contribution in [0.4, 0.5) is 0 Å². The molecule has 0 aromatic carbocycles. The summed E-state index contributed by atoms with van der Waals surface area (Å²) in [5.74, 6) is 0.968. The molecule has 0 fully saturated rings. The van der Waals surface area contributed by atoms with Crippen molar-refractivity contribution >= 4 is 0 Å². The van der Waals surface area contributed by atoms with Gasteiger partial charge in [-0.2, -0.15) is 0 Å². The zero-order valence-corrected chi connectivity index (χ0v) is 6.35. The molecule has 0 saturated carbocycles. The molecule has 0 radical (unpaired) electrons. The normalized spacial score (nSPS) is 12.6. The third-order valence-electron chi connectivity index (χ3n) is 0.882. The summed E-state index contributed by atoms with van der Waals surface area (Å²) in [4.78, 5) is 0. The molecule has 52 valence electrons. The Morgan fingerprint density at radius 2 is 2.22 bits per heavy atom. The van der Waals surface area contributed by atoms with Gasteiger partial charge in [0.1, 0.15) is 0 Å². The lowest BCUT2D eigenvalue weighted by atomic mass is 10.4. The maximum Gasteiger partial charge on any atom is 0.0961 e. The second-order valence-electron chi connectivity index (χ2n) is 1.81. The molecule has 1 nitrogen and oxygen atoms in total. The Morgan fingerprint density at radius 3 is 2.67 bits per heavy atom. The Kier molecular flexibility index (Phi) is 4.98. The molecule has 0 aliphatic carbocycles. The van der Waals surface area contributed by atoms with E-state index in [-0.39, 0.29) is 0 Å². The quantitative estimate of drug-likeness (QED) is 0.528. The third kappa shape index (κ3) is 5.15. The van der Waals surface area contributed by atoms with Crippen LogP contribution in [-0.2, 0) is 4.74 Å². The van der Waals surface area contributed by atoms with E-state index in [0.29, 0.717) is 0 Å². The summed E-state index contributed by atoms with van der Waals surface area (Å²) < 4.78 is 5.11. The van der Waals surface area contributed by atoms with Crippen LogP contribution in [0.3, 0.4) is 0 Å². The SMILES string of the molecule is C/C=C\O/C(C)=C/CC. The van der Waals surface area contributed by atoms with Crippen molar-refractivity contribution in [3.05, 3.63) is 24.2 Å². The molecule has 0 heterocycles. The molecule has 0 atom stereocenters. The molecular formula is C8H14O. The average Bonchev–Trinajstić information content (AvgIpc) is 1.85. The molecule has 0 aliphatic heterocycles. The van der Waals surface area contributed by atoms with Crippen molar-refractivity contribution in [2.24, 2.45) is 0 Å². The second kappa shape index (κ2) is 5.42. The van der Waals surface area contributed by atoms with Gasteiger partial charge in [0.2, 0.25) is 0 Å². The van der Waals surface area contributed by atoms with Crippen LogP contribution in [0.5, 0.6) is 0 Å². The molecule has 0 aliphatic rings. The Labute approximate surface area is 57.0 Å². The van der Waals surface area contributed by atoms with Gasteiger partial charge in [0.15, 0.2) is 0 Å². The van der Waals surface area contributed by atoms with E-state index in [4.69, 9.17) is 4.74 Å². The fraction of sp³-hybridized carbons (Fsp3) is 0.500. The molecule has 0 rings (SSSR count). The highest BCUT2D eigenvalue weighted by Gasteiger charge is 1.79. The fourth-order valence-electron chi connectivity index (χ4n) is 0.511. The lowest BCUT2D eigenvalue weighted by Crippen LogP contribution is -1.75. The summed E-state index contributed by atoms with van der Waals surface area (Å²) in [6, 6.07) is 0. The van der Waals surface area contributed by atoms with Crippen LogP contribution >= 0.6 is 0 Å². The maximum absolute atomic E-state index is 5.11. The van der Waals surface area contributed by atoms with E-state index in [1.54, 1.807) is 6.26 Å². The molecule has 0 bridgehead atoms. The average molecular weight is 126 g/mol. The molecule has 0 saturated heterocycles. The van der Waals surface area contributed by atoms with Crippen LogP contribution in [0, 0.1) is 0 Å². The van der Waals surface area contributed by atoms with Crippen LogP contribution in [0.15, 0.2) is 24.2 Å². The lowest BCUT2D eigenvalue weighted by Gasteiger charge is -1.96. The highest BCUT2D eigenvalue weighted by molar-refractivity contribution is 4.89. The molecular weight excluding hydrogens is 112 g/mol. The molecule has 0 aromatic rings. The van der Waals surface area contributed by atoms with E-state index >= 15 is 0 Å². The first kappa shape index (κ1) is 8.28. The van der Waals surface area contributed by atoms with Crippen molar-refractivity contribution in [1.29, 1.82) is 0 Å². The van der Waals surface area contributed by atoms with E-state index in [9.17, 15) is 0 Å². The monoisotopic (exact) mass is 126 g/mol. The van der Waals surface area contributed by atoms with Crippen LogP contribution < -0.4 is 0 Å². The van der Waals surface area contributed by atoms with Gasteiger partial charge in [-0.3, -0.25) is 0 Å². The van der Waals surface area contributed by atoms with Gasteiger partial charge < -0.3 is 4.74 Å². The minimum atomic E-state index is 0.968. The van der Waals surface area contributed by atoms with Crippen LogP contribution in [0.1, 0.15) is 27.2 Å². The summed E-state index contributed by atoms with van der Waals surface area (Å²) in [5.41, 5.74) is 0. The topological polar surface area (TPSA) is 9.23 Å². The van der Waals surface area contributed by atoms with Crippen LogP contribution in [0.2, 0.25) is 0 Å². The summed E-state index contributed by atoms with van der Waals surface area (Å²) in [6.07, 6.45) is 6.62. The van der Waals surface area contributed by atoms with E-state index in [2.05, 4.69) is 6.92 Å². The van der Waals surface area contributed by atoms with Gasteiger partial charge in [-0.1, -0.05) is 13.0 Å². The zero-order chi connectivity index (χ0) is 7.11. The van der Waals surface area contributed by atoms with E-state index in [0.717, 1.165) is 12.2 Å². The Hall–Kier alpha value is -0.720. The first-order chi connectivity index (χ1) is 4.31. The van der Waals surface area contributed by atoms with E-state index in [1.165, 1.54) is 0 Å². The van der Waals surface area contributed by atoms with Gasteiger partial charge in [-0.25, -0.2) is 0 Å².